The molecule has 1 saturated carbocycles. The van der Waals surface area contributed by atoms with E-state index < -0.39 is 0 Å². The minimum atomic E-state index is 0.376. The summed E-state index contributed by atoms with van der Waals surface area (Å²) in [6.45, 7) is 4.96. The average molecular weight is 265 g/mol. The van der Waals surface area contributed by atoms with Gasteiger partial charge in [0.1, 0.15) is 18.2 Å². The smallest absolute Gasteiger partial charge is 0.158 e. The lowest BCUT2D eigenvalue weighted by molar-refractivity contribution is 0.178. The number of ether oxygens (including phenoxy) is 1. The molecule has 0 bridgehead atoms. The lowest BCUT2D eigenvalue weighted by Gasteiger charge is -2.20. The number of rotatable bonds is 5. The lowest BCUT2D eigenvalue weighted by atomic mass is 9.98. The van der Waals surface area contributed by atoms with Crippen LogP contribution in [0.5, 0.6) is 0 Å². The number of methoxy groups -OCH3 is 1. The van der Waals surface area contributed by atoms with Gasteiger partial charge in [0.05, 0.1) is 0 Å². The minimum absolute atomic E-state index is 0.376. The molecule has 1 heterocycles. The number of hydrogen-bond acceptors (Lipinski definition) is 6. The molecule has 3 unspecified atom stereocenters. The molecule has 106 valence electrons. The molecule has 6 nitrogen and oxygen atoms in total. The number of aromatic nitrogens is 2. The van der Waals surface area contributed by atoms with Gasteiger partial charge in [0.15, 0.2) is 5.82 Å². The largest absolute Gasteiger partial charge is 0.377 e. The molecule has 0 amide bonds. The number of nitrogens with one attached hydrogen (secondary N) is 2. The third-order valence-electron chi connectivity index (χ3n) is 3.99. The fourth-order valence-electron chi connectivity index (χ4n) is 2.60. The van der Waals surface area contributed by atoms with E-state index in [9.17, 15) is 0 Å². The SMILES string of the molecule is COCc1nc(NN)cc(NC2CCC(C)C2C)n1. The summed E-state index contributed by atoms with van der Waals surface area (Å²) >= 11 is 0. The molecule has 1 aromatic heterocycles. The van der Waals surface area contributed by atoms with E-state index in [1.807, 2.05) is 6.07 Å². The molecule has 19 heavy (non-hydrogen) atoms. The molecule has 0 aliphatic heterocycles. The Labute approximate surface area is 114 Å². The number of anilines is 2. The predicted octanol–water partition coefficient (Wildman–Crippen LogP) is 1.76. The van der Waals surface area contributed by atoms with E-state index in [-0.39, 0.29) is 0 Å². The van der Waals surface area contributed by atoms with Crippen LogP contribution in [0.3, 0.4) is 0 Å². The third-order valence-corrected chi connectivity index (χ3v) is 3.99. The number of nitrogen functional groups attached to an aromatic ring is 1. The quantitative estimate of drug-likeness (QED) is 0.555. The fraction of sp³-hybridized carbons (Fsp3) is 0.692. The van der Waals surface area contributed by atoms with E-state index in [1.165, 1.54) is 12.8 Å². The van der Waals surface area contributed by atoms with E-state index >= 15 is 0 Å². The minimum Gasteiger partial charge on any atom is -0.377 e. The second kappa shape index (κ2) is 6.16. The Balaban J connectivity index is 2.12. The summed E-state index contributed by atoms with van der Waals surface area (Å²) in [5, 5.41) is 3.49. The van der Waals surface area contributed by atoms with Gasteiger partial charge in [-0.25, -0.2) is 15.8 Å². The summed E-state index contributed by atoms with van der Waals surface area (Å²) in [5.74, 6) is 8.87. The highest BCUT2D eigenvalue weighted by atomic mass is 16.5. The first-order valence-corrected chi connectivity index (χ1v) is 6.74. The maximum absolute atomic E-state index is 5.43. The van der Waals surface area contributed by atoms with Gasteiger partial charge in [-0.1, -0.05) is 13.8 Å². The van der Waals surface area contributed by atoms with Crippen LogP contribution in [0.2, 0.25) is 0 Å². The van der Waals surface area contributed by atoms with Crippen LogP contribution in [-0.2, 0) is 11.3 Å². The molecule has 0 radical (unpaired) electrons. The van der Waals surface area contributed by atoms with Crippen LogP contribution in [0.1, 0.15) is 32.5 Å². The van der Waals surface area contributed by atoms with Gasteiger partial charge in [0.2, 0.25) is 0 Å². The molecule has 1 fully saturated rings. The average Bonchev–Trinajstić information content (AvgIpc) is 2.71. The Morgan fingerprint density at radius 2 is 2.05 bits per heavy atom. The standard InChI is InChI=1S/C13H23N5O/c1-8-4-5-10(9(8)2)15-11-6-12(18-14)17-13(16-11)7-19-3/h6,8-10H,4-5,7,14H2,1-3H3,(H2,15,16,17,18). The second-order valence-corrected chi connectivity index (χ2v) is 5.30. The monoisotopic (exact) mass is 265 g/mol. The highest BCUT2D eigenvalue weighted by Crippen LogP contribution is 2.33. The van der Waals surface area contributed by atoms with Gasteiger partial charge in [-0.15, -0.1) is 0 Å². The van der Waals surface area contributed by atoms with Crippen molar-refractivity contribution in [2.45, 2.75) is 39.3 Å². The summed E-state index contributed by atoms with van der Waals surface area (Å²) in [6.07, 6.45) is 2.44. The third kappa shape index (κ3) is 3.33. The number of hydrogen-bond donors (Lipinski definition) is 3. The molecule has 1 aliphatic carbocycles. The Kier molecular flexibility index (Phi) is 4.55. The molecule has 6 heteroatoms. The lowest BCUT2D eigenvalue weighted by Crippen LogP contribution is -2.25. The molecule has 0 saturated heterocycles. The molecule has 3 atom stereocenters. The van der Waals surface area contributed by atoms with Crippen LogP contribution in [0, 0.1) is 11.8 Å². The van der Waals surface area contributed by atoms with Crippen LogP contribution < -0.4 is 16.6 Å². The van der Waals surface area contributed by atoms with Crippen molar-refractivity contribution in [1.29, 1.82) is 0 Å². The first-order chi connectivity index (χ1) is 9.13. The van der Waals surface area contributed by atoms with E-state index in [1.54, 1.807) is 7.11 Å². The molecule has 0 aromatic carbocycles. The van der Waals surface area contributed by atoms with Crippen molar-refractivity contribution in [3.05, 3.63) is 11.9 Å². The Morgan fingerprint density at radius 3 is 2.63 bits per heavy atom. The second-order valence-electron chi connectivity index (χ2n) is 5.30. The topological polar surface area (TPSA) is 85.1 Å². The van der Waals surface area contributed by atoms with Crippen LogP contribution in [0.15, 0.2) is 6.07 Å². The van der Waals surface area contributed by atoms with Crippen molar-refractivity contribution in [3.63, 3.8) is 0 Å². The maximum Gasteiger partial charge on any atom is 0.158 e. The van der Waals surface area contributed by atoms with Gasteiger partial charge in [0, 0.05) is 19.2 Å². The zero-order valence-corrected chi connectivity index (χ0v) is 11.8. The van der Waals surface area contributed by atoms with Gasteiger partial charge < -0.3 is 15.5 Å². The van der Waals surface area contributed by atoms with Crippen molar-refractivity contribution in [3.8, 4) is 0 Å². The van der Waals surface area contributed by atoms with Gasteiger partial charge in [0.25, 0.3) is 0 Å². The Hall–Kier alpha value is -1.40. The normalized spacial score (nSPS) is 26.4. The number of nitrogens with zero attached hydrogens (tertiary/aromatic N) is 2. The summed E-state index contributed by atoms with van der Waals surface area (Å²) in [7, 11) is 1.62. The summed E-state index contributed by atoms with van der Waals surface area (Å²) in [4.78, 5) is 8.69. The van der Waals surface area contributed by atoms with Crippen LogP contribution >= 0.6 is 0 Å². The van der Waals surface area contributed by atoms with Gasteiger partial charge >= 0.3 is 0 Å². The van der Waals surface area contributed by atoms with Crippen molar-refractivity contribution < 1.29 is 4.74 Å². The van der Waals surface area contributed by atoms with Gasteiger partial charge in [-0.3, -0.25) is 0 Å². The molecule has 0 spiro atoms. The highest BCUT2D eigenvalue weighted by Gasteiger charge is 2.29. The number of hydrazine groups is 1. The van der Waals surface area contributed by atoms with E-state index in [2.05, 4.69) is 34.6 Å². The highest BCUT2D eigenvalue weighted by molar-refractivity contribution is 5.47. The van der Waals surface area contributed by atoms with Crippen LogP contribution in [0.25, 0.3) is 0 Å². The molecule has 4 N–H and O–H groups in total. The Bertz CT molecular complexity index is 425. The fourth-order valence-corrected chi connectivity index (χ4v) is 2.60. The van der Waals surface area contributed by atoms with Gasteiger partial charge in [-0.2, -0.15) is 0 Å². The van der Waals surface area contributed by atoms with Crippen molar-refractivity contribution in [2.24, 2.45) is 17.7 Å². The van der Waals surface area contributed by atoms with Crippen LogP contribution in [0.4, 0.5) is 11.6 Å². The summed E-state index contributed by atoms with van der Waals surface area (Å²) in [6, 6.07) is 2.29. The van der Waals surface area contributed by atoms with Crippen molar-refractivity contribution in [2.75, 3.05) is 17.9 Å². The predicted molar refractivity (Wildman–Crippen MR) is 75.5 cm³/mol. The summed E-state index contributed by atoms with van der Waals surface area (Å²) in [5.41, 5.74) is 2.56. The molecule has 1 aliphatic rings. The first-order valence-electron chi connectivity index (χ1n) is 6.74. The first kappa shape index (κ1) is 14.0. The molecular formula is C13H23N5O. The Morgan fingerprint density at radius 1 is 1.32 bits per heavy atom. The van der Waals surface area contributed by atoms with E-state index in [0.29, 0.717) is 30.2 Å². The van der Waals surface area contributed by atoms with E-state index in [0.717, 1.165) is 11.7 Å². The molecular weight excluding hydrogens is 242 g/mol. The van der Waals surface area contributed by atoms with Gasteiger partial charge in [-0.05, 0) is 24.7 Å². The van der Waals surface area contributed by atoms with Crippen molar-refractivity contribution in [1.82, 2.24) is 9.97 Å². The number of nitrogens with two attached hydrogens (primary N) is 1. The maximum atomic E-state index is 5.43. The molecule has 1 aromatic rings. The van der Waals surface area contributed by atoms with Crippen molar-refractivity contribution >= 4 is 11.6 Å². The van der Waals surface area contributed by atoms with E-state index in [4.69, 9.17) is 10.6 Å². The zero-order valence-electron chi connectivity index (χ0n) is 11.8. The molecule has 2 rings (SSSR count). The zero-order chi connectivity index (χ0) is 13.8. The van der Waals surface area contributed by atoms with Crippen LogP contribution in [-0.4, -0.2) is 23.1 Å². The summed E-state index contributed by atoms with van der Waals surface area (Å²) < 4.78 is 5.07.